The maximum Gasteiger partial charge on any atom is 0.0545 e. The van der Waals surface area contributed by atoms with E-state index in [2.05, 4.69) is 13.8 Å². The van der Waals surface area contributed by atoms with Crippen LogP contribution in [0, 0.1) is 40.4 Å². The van der Waals surface area contributed by atoms with Crippen molar-refractivity contribution >= 4 is 0 Å². The van der Waals surface area contributed by atoms with Crippen LogP contribution in [-0.2, 0) is 0 Å². The van der Waals surface area contributed by atoms with E-state index in [1.165, 1.54) is 44.9 Å². The van der Waals surface area contributed by atoms with Gasteiger partial charge in [-0.05, 0) is 105 Å². The van der Waals surface area contributed by atoms with E-state index in [1.807, 2.05) is 6.92 Å². The lowest BCUT2D eigenvalue weighted by Crippen LogP contribution is -2.54. The topological polar surface area (TPSA) is 40.5 Å². The Balaban J connectivity index is 1.60. The zero-order valence-corrected chi connectivity index (χ0v) is 15.3. The lowest BCUT2D eigenvalue weighted by Gasteiger charge is -2.61. The first-order valence-electron chi connectivity index (χ1n) is 10.2. The average molecular weight is 321 g/mol. The Morgan fingerprint density at radius 1 is 0.870 bits per heavy atom. The molecular weight excluding hydrogens is 284 g/mol. The van der Waals surface area contributed by atoms with Crippen molar-refractivity contribution in [2.45, 2.75) is 90.8 Å². The minimum Gasteiger partial charge on any atom is -0.393 e. The SMILES string of the molecule is C[C@H](O)[C@H]1CCC2C3CC[C@H]4C[C@H](O)CC[C@]4(C)C3CC[C@@]21C. The largest absolute Gasteiger partial charge is 0.393 e. The van der Waals surface area contributed by atoms with Crippen LogP contribution in [0.4, 0.5) is 0 Å². The molecule has 0 amide bonds. The van der Waals surface area contributed by atoms with Crippen LogP contribution in [-0.4, -0.2) is 22.4 Å². The number of hydrogen-bond acceptors (Lipinski definition) is 2. The molecule has 0 aliphatic heterocycles. The van der Waals surface area contributed by atoms with Gasteiger partial charge in [-0.3, -0.25) is 0 Å². The highest BCUT2D eigenvalue weighted by atomic mass is 16.3. The minimum atomic E-state index is -0.140. The molecule has 0 bridgehead atoms. The van der Waals surface area contributed by atoms with Gasteiger partial charge in [0.1, 0.15) is 0 Å². The maximum absolute atomic E-state index is 10.3. The zero-order valence-electron chi connectivity index (χ0n) is 15.3. The molecule has 4 aliphatic rings. The summed E-state index contributed by atoms with van der Waals surface area (Å²) in [4.78, 5) is 0. The first kappa shape index (κ1) is 16.4. The predicted octanol–water partition coefficient (Wildman–Crippen LogP) is 4.39. The van der Waals surface area contributed by atoms with Crippen molar-refractivity contribution < 1.29 is 10.2 Å². The summed E-state index contributed by atoms with van der Waals surface area (Å²) in [5.74, 6) is 3.87. The predicted molar refractivity (Wildman–Crippen MR) is 92.9 cm³/mol. The Kier molecular flexibility index (Phi) is 3.89. The Hall–Kier alpha value is -0.0800. The van der Waals surface area contributed by atoms with Crippen molar-refractivity contribution in [2.75, 3.05) is 0 Å². The van der Waals surface area contributed by atoms with E-state index in [0.717, 1.165) is 36.5 Å². The highest BCUT2D eigenvalue weighted by Crippen LogP contribution is 2.67. The number of aliphatic hydroxyl groups excluding tert-OH is 2. The Morgan fingerprint density at radius 2 is 1.57 bits per heavy atom. The van der Waals surface area contributed by atoms with Crippen LogP contribution >= 0.6 is 0 Å². The third kappa shape index (κ3) is 2.27. The van der Waals surface area contributed by atoms with Crippen molar-refractivity contribution in [1.82, 2.24) is 0 Å². The van der Waals surface area contributed by atoms with E-state index in [0.29, 0.717) is 16.7 Å². The number of aliphatic hydroxyl groups is 2. The van der Waals surface area contributed by atoms with Gasteiger partial charge < -0.3 is 10.2 Å². The third-order valence-corrected chi connectivity index (χ3v) is 9.29. The van der Waals surface area contributed by atoms with Gasteiger partial charge in [0, 0.05) is 0 Å². The smallest absolute Gasteiger partial charge is 0.0545 e. The summed E-state index contributed by atoms with van der Waals surface area (Å²) in [7, 11) is 0. The second kappa shape index (κ2) is 5.46. The molecule has 0 aromatic heterocycles. The minimum absolute atomic E-state index is 0.0374. The lowest BCUT2D eigenvalue weighted by atomic mass is 9.44. The molecule has 0 spiro atoms. The van der Waals surface area contributed by atoms with Gasteiger partial charge in [0.2, 0.25) is 0 Å². The monoisotopic (exact) mass is 320 g/mol. The number of hydrogen-bond donors (Lipinski definition) is 2. The second-order valence-corrected chi connectivity index (χ2v) is 10.1. The molecule has 23 heavy (non-hydrogen) atoms. The van der Waals surface area contributed by atoms with Crippen LogP contribution in [0.1, 0.15) is 78.6 Å². The summed E-state index contributed by atoms with van der Waals surface area (Å²) in [6.45, 7) is 7.08. The highest BCUT2D eigenvalue weighted by Gasteiger charge is 2.60. The standard InChI is InChI=1S/C21H36O2/c1-13(22)17-6-7-18-16-5-4-14-12-15(23)8-10-20(14,2)19(16)9-11-21(17,18)3/h13-19,22-23H,4-12H2,1-3H3/t13-,14-,15+,16?,17+,18?,19?,20-,21+/m0/s1. The van der Waals surface area contributed by atoms with Crippen LogP contribution in [0.25, 0.3) is 0 Å². The van der Waals surface area contributed by atoms with Crippen molar-refractivity contribution in [3.8, 4) is 0 Å². The van der Waals surface area contributed by atoms with Gasteiger partial charge in [-0.25, -0.2) is 0 Å². The van der Waals surface area contributed by atoms with Gasteiger partial charge in [-0.15, -0.1) is 0 Å². The molecule has 4 aliphatic carbocycles. The lowest BCUT2D eigenvalue weighted by molar-refractivity contribution is -0.132. The van der Waals surface area contributed by atoms with Crippen molar-refractivity contribution in [2.24, 2.45) is 40.4 Å². The van der Waals surface area contributed by atoms with Crippen LogP contribution in [0.2, 0.25) is 0 Å². The Morgan fingerprint density at radius 3 is 2.30 bits per heavy atom. The number of fused-ring (bicyclic) bond motifs is 5. The molecule has 4 rings (SSSR count). The van der Waals surface area contributed by atoms with Crippen LogP contribution < -0.4 is 0 Å². The molecule has 4 saturated carbocycles. The van der Waals surface area contributed by atoms with Gasteiger partial charge in [0.25, 0.3) is 0 Å². The van der Waals surface area contributed by atoms with Gasteiger partial charge in [-0.1, -0.05) is 13.8 Å². The first-order chi connectivity index (χ1) is 10.9. The Bertz CT molecular complexity index is 461. The summed E-state index contributed by atoms with van der Waals surface area (Å²) in [6, 6.07) is 0. The second-order valence-electron chi connectivity index (χ2n) is 10.1. The normalized spacial score (nSPS) is 57.3. The summed E-state index contributed by atoms with van der Waals surface area (Å²) < 4.78 is 0. The maximum atomic E-state index is 10.3. The van der Waals surface area contributed by atoms with Crippen molar-refractivity contribution in [1.29, 1.82) is 0 Å². The van der Waals surface area contributed by atoms with Gasteiger partial charge >= 0.3 is 0 Å². The summed E-state index contributed by atoms with van der Waals surface area (Å²) in [5, 5.41) is 20.4. The van der Waals surface area contributed by atoms with Crippen LogP contribution in [0.3, 0.4) is 0 Å². The van der Waals surface area contributed by atoms with E-state index in [-0.39, 0.29) is 12.2 Å². The summed E-state index contributed by atoms with van der Waals surface area (Å²) in [6.07, 6.45) is 11.1. The molecular formula is C21H36O2. The van der Waals surface area contributed by atoms with E-state index in [1.54, 1.807) is 0 Å². The fourth-order valence-corrected chi connectivity index (χ4v) is 8.07. The van der Waals surface area contributed by atoms with Crippen LogP contribution in [0.15, 0.2) is 0 Å². The fourth-order valence-electron chi connectivity index (χ4n) is 8.07. The molecule has 132 valence electrons. The van der Waals surface area contributed by atoms with E-state index >= 15 is 0 Å². The number of rotatable bonds is 1. The van der Waals surface area contributed by atoms with Crippen molar-refractivity contribution in [3.05, 3.63) is 0 Å². The molecule has 2 nitrogen and oxygen atoms in total. The molecule has 0 radical (unpaired) electrons. The molecule has 0 saturated heterocycles. The molecule has 4 fully saturated rings. The van der Waals surface area contributed by atoms with Gasteiger partial charge in [0.15, 0.2) is 0 Å². The molecule has 2 N–H and O–H groups in total. The third-order valence-electron chi connectivity index (χ3n) is 9.29. The van der Waals surface area contributed by atoms with E-state index < -0.39 is 0 Å². The molecule has 0 aromatic carbocycles. The molecule has 9 atom stereocenters. The Labute approximate surface area is 142 Å². The van der Waals surface area contributed by atoms with Crippen molar-refractivity contribution in [3.63, 3.8) is 0 Å². The van der Waals surface area contributed by atoms with E-state index in [9.17, 15) is 10.2 Å². The average Bonchev–Trinajstić information content (AvgIpc) is 2.85. The first-order valence-corrected chi connectivity index (χ1v) is 10.2. The molecule has 0 heterocycles. The fraction of sp³-hybridized carbons (Fsp3) is 1.00. The van der Waals surface area contributed by atoms with Crippen LogP contribution in [0.5, 0.6) is 0 Å². The molecule has 3 unspecified atom stereocenters. The van der Waals surface area contributed by atoms with E-state index in [4.69, 9.17) is 0 Å². The zero-order chi connectivity index (χ0) is 16.4. The summed E-state index contributed by atoms with van der Waals surface area (Å²) >= 11 is 0. The van der Waals surface area contributed by atoms with Gasteiger partial charge in [0.05, 0.1) is 12.2 Å². The molecule has 2 heteroatoms. The van der Waals surface area contributed by atoms with Gasteiger partial charge in [-0.2, -0.15) is 0 Å². The highest BCUT2D eigenvalue weighted by molar-refractivity contribution is 5.09. The summed E-state index contributed by atoms with van der Waals surface area (Å²) in [5.41, 5.74) is 0.860. The molecule has 0 aromatic rings. The quantitative estimate of drug-likeness (QED) is 0.752.